The van der Waals surface area contributed by atoms with Crippen molar-refractivity contribution in [3.63, 3.8) is 0 Å². The first-order valence-electron chi connectivity index (χ1n) is 4.74. The summed E-state index contributed by atoms with van der Waals surface area (Å²) in [5, 5.41) is 2.81. The molecule has 0 aliphatic rings. The molecule has 0 spiro atoms. The van der Waals surface area contributed by atoms with Crippen LogP contribution < -0.4 is 11.1 Å². The first kappa shape index (κ1) is 10.7. The Hall–Kier alpha value is -1.35. The molecule has 1 amide bonds. The Morgan fingerprint density at radius 2 is 2.07 bits per heavy atom. The summed E-state index contributed by atoms with van der Waals surface area (Å²) in [5.74, 6) is 0.00357. The summed E-state index contributed by atoms with van der Waals surface area (Å²) in [4.78, 5) is 11.2. The van der Waals surface area contributed by atoms with E-state index >= 15 is 0 Å². The second-order valence-electron chi connectivity index (χ2n) is 3.44. The van der Waals surface area contributed by atoms with E-state index in [1.807, 2.05) is 37.3 Å². The van der Waals surface area contributed by atoms with E-state index in [0.29, 0.717) is 13.0 Å². The van der Waals surface area contributed by atoms with Crippen LogP contribution in [-0.4, -0.2) is 11.9 Å². The van der Waals surface area contributed by atoms with Crippen molar-refractivity contribution in [2.75, 3.05) is 0 Å². The van der Waals surface area contributed by atoms with Gasteiger partial charge in [0.25, 0.3) is 0 Å². The van der Waals surface area contributed by atoms with Crippen LogP contribution in [0.3, 0.4) is 0 Å². The number of rotatable bonds is 4. The molecule has 1 aromatic carbocycles. The first-order chi connectivity index (χ1) is 6.68. The predicted molar refractivity (Wildman–Crippen MR) is 56.6 cm³/mol. The summed E-state index contributed by atoms with van der Waals surface area (Å²) in [6, 6.07) is 9.73. The lowest BCUT2D eigenvalue weighted by molar-refractivity contribution is -0.121. The highest BCUT2D eigenvalue weighted by atomic mass is 16.1. The SMILES string of the molecule is CC(N)CC(=O)NCc1ccccc1. The zero-order chi connectivity index (χ0) is 10.4. The Morgan fingerprint density at radius 1 is 1.43 bits per heavy atom. The third kappa shape index (κ3) is 4.05. The van der Waals surface area contributed by atoms with Crippen molar-refractivity contribution in [2.24, 2.45) is 5.73 Å². The molecular formula is C11H16N2O. The second kappa shape index (κ2) is 5.40. The number of hydrogen-bond donors (Lipinski definition) is 2. The van der Waals surface area contributed by atoms with Crippen molar-refractivity contribution in [1.82, 2.24) is 5.32 Å². The molecule has 1 rings (SSSR count). The highest BCUT2D eigenvalue weighted by molar-refractivity contribution is 5.76. The van der Waals surface area contributed by atoms with Gasteiger partial charge in [0, 0.05) is 19.0 Å². The Labute approximate surface area is 84.3 Å². The van der Waals surface area contributed by atoms with Crippen molar-refractivity contribution in [3.05, 3.63) is 35.9 Å². The molecule has 0 saturated heterocycles. The zero-order valence-corrected chi connectivity index (χ0v) is 8.36. The van der Waals surface area contributed by atoms with Crippen molar-refractivity contribution in [2.45, 2.75) is 25.9 Å². The van der Waals surface area contributed by atoms with Gasteiger partial charge in [0.2, 0.25) is 5.91 Å². The lowest BCUT2D eigenvalue weighted by atomic mass is 10.2. The lowest BCUT2D eigenvalue weighted by Gasteiger charge is -2.06. The van der Waals surface area contributed by atoms with Crippen LogP contribution in [0, 0.1) is 0 Å². The Kier molecular flexibility index (Phi) is 4.13. The van der Waals surface area contributed by atoms with E-state index in [1.54, 1.807) is 0 Å². The van der Waals surface area contributed by atoms with Crippen molar-refractivity contribution in [1.29, 1.82) is 0 Å². The van der Waals surface area contributed by atoms with Gasteiger partial charge in [-0.2, -0.15) is 0 Å². The second-order valence-corrected chi connectivity index (χ2v) is 3.44. The van der Waals surface area contributed by atoms with Crippen LogP contribution in [0.5, 0.6) is 0 Å². The Bertz CT molecular complexity index is 283. The van der Waals surface area contributed by atoms with Gasteiger partial charge in [0.1, 0.15) is 0 Å². The van der Waals surface area contributed by atoms with Gasteiger partial charge < -0.3 is 11.1 Å². The molecule has 1 atom stereocenters. The van der Waals surface area contributed by atoms with Crippen LogP contribution in [-0.2, 0) is 11.3 Å². The van der Waals surface area contributed by atoms with Gasteiger partial charge in [0.15, 0.2) is 0 Å². The number of amides is 1. The van der Waals surface area contributed by atoms with E-state index in [0.717, 1.165) is 5.56 Å². The standard InChI is InChI=1S/C11H16N2O/c1-9(12)7-11(14)13-8-10-5-3-2-4-6-10/h2-6,9H,7-8,12H2,1H3,(H,13,14). The smallest absolute Gasteiger partial charge is 0.221 e. The zero-order valence-electron chi connectivity index (χ0n) is 8.36. The van der Waals surface area contributed by atoms with Gasteiger partial charge in [-0.3, -0.25) is 4.79 Å². The van der Waals surface area contributed by atoms with E-state index in [2.05, 4.69) is 5.32 Å². The number of hydrogen-bond acceptors (Lipinski definition) is 2. The molecule has 0 radical (unpaired) electrons. The van der Waals surface area contributed by atoms with Gasteiger partial charge in [-0.15, -0.1) is 0 Å². The average Bonchev–Trinajstić information content (AvgIpc) is 2.15. The molecule has 3 heteroatoms. The van der Waals surface area contributed by atoms with Gasteiger partial charge in [-0.1, -0.05) is 30.3 Å². The molecule has 0 aromatic heterocycles. The van der Waals surface area contributed by atoms with Crippen LogP contribution in [0.25, 0.3) is 0 Å². The van der Waals surface area contributed by atoms with Gasteiger partial charge in [0.05, 0.1) is 0 Å². The topological polar surface area (TPSA) is 55.1 Å². The fraction of sp³-hybridized carbons (Fsp3) is 0.364. The minimum atomic E-state index is -0.0780. The summed E-state index contributed by atoms with van der Waals surface area (Å²) in [7, 11) is 0. The molecule has 1 unspecified atom stereocenters. The van der Waals surface area contributed by atoms with E-state index in [1.165, 1.54) is 0 Å². The van der Waals surface area contributed by atoms with Crippen molar-refractivity contribution < 1.29 is 4.79 Å². The minimum absolute atomic E-state index is 0.00357. The van der Waals surface area contributed by atoms with Gasteiger partial charge in [-0.05, 0) is 12.5 Å². The quantitative estimate of drug-likeness (QED) is 0.749. The normalized spacial score (nSPS) is 12.1. The number of benzene rings is 1. The molecule has 0 fully saturated rings. The van der Waals surface area contributed by atoms with Gasteiger partial charge in [-0.25, -0.2) is 0 Å². The monoisotopic (exact) mass is 192 g/mol. The number of nitrogens with one attached hydrogen (secondary N) is 1. The van der Waals surface area contributed by atoms with Gasteiger partial charge >= 0.3 is 0 Å². The Morgan fingerprint density at radius 3 is 2.64 bits per heavy atom. The summed E-state index contributed by atoms with van der Waals surface area (Å²) in [6.07, 6.45) is 0.382. The molecule has 0 saturated carbocycles. The minimum Gasteiger partial charge on any atom is -0.352 e. The number of nitrogens with two attached hydrogens (primary N) is 1. The van der Waals surface area contributed by atoms with E-state index < -0.39 is 0 Å². The van der Waals surface area contributed by atoms with Crippen molar-refractivity contribution in [3.8, 4) is 0 Å². The molecule has 14 heavy (non-hydrogen) atoms. The molecule has 1 aromatic rings. The van der Waals surface area contributed by atoms with Crippen LogP contribution in [0.4, 0.5) is 0 Å². The van der Waals surface area contributed by atoms with E-state index in [-0.39, 0.29) is 11.9 Å². The number of carbonyl (C=O) groups is 1. The Balaban J connectivity index is 2.31. The molecule has 0 bridgehead atoms. The van der Waals surface area contributed by atoms with Crippen LogP contribution in [0.15, 0.2) is 30.3 Å². The maximum Gasteiger partial charge on any atom is 0.221 e. The molecule has 3 nitrogen and oxygen atoms in total. The average molecular weight is 192 g/mol. The highest BCUT2D eigenvalue weighted by Gasteiger charge is 2.03. The molecular weight excluding hydrogens is 176 g/mol. The molecule has 0 heterocycles. The fourth-order valence-corrected chi connectivity index (χ4v) is 1.16. The van der Waals surface area contributed by atoms with Crippen LogP contribution in [0.1, 0.15) is 18.9 Å². The lowest BCUT2D eigenvalue weighted by Crippen LogP contribution is -2.29. The summed E-state index contributed by atoms with van der Waals surface area (Å²) in [5.41, 5.74) is 6.60. The molecule has 3 N–H and O–H groups in total. The highest BCUT2D eigenvalue weighted by Crippen LogP contribution is 1.97. The number of carbonyl (C=O) groups excluding carboxylic acids is 1. The van der Waals surface area contributed by atoms with E-state index in [4.69, 9.17) is 5.73 Å². The molecule has 76 valence electrons. The van der Waals surface area contributed by atoms with Crippen LogP contribution >= 0.6 is 0 Å². The summed E-state index contributed by atoms with van der Waals surface area (Å²) >= 11 is 0. The van der Waals surface area contributed by atoms with E-state index in [9.17, 15) is 4.79 Å². The fourth-order valence-electron chi connectivity index (χ4n) is 1.16. The van der Waals surface area contributed by atoms with Crippen molar-refractivity contribution >= 4 is 5.91 Å². The van der Waals surface area contributed by atoms with Crippen LogP contribution in [0.2, 0.25) is 0 Å². The maximum absolute atomic E-state index is 11.2. The first-order valence-corrected chi connectivity index (χ1v) is 4.74. The maximum atomic E-state index is 11.2. The third-order valence-corrected chi connectivity index (χ3v) is 1.84. The third-order valence-electron chi connectivity index (χ3n) is 1.84. The summed E-state index contributed by atoms with van der Waals surface area (Å²) < 4.78 is 0. The molecule has 0 aliphatic heterocycles. The predicted octanol–water partition coefficient (Wildman–Crippen LogP) is 1.04. The molecule has 0 aliphatic carbocycles. The summed E-state index contributed by atoms with van der Waals surface area (Å²) in [6.45, 7) is 2.40. The largest absolute Gasteiger partial charge is 0.352 e.